The molecule has 6 heteroatoms. The molecule has 0 bridgehead atoms. The zero-order valence-electron chi connectivity index (χ0n) is 12.1. The van der Waals surface area contributed by atoms with Gasteiger partial charge < -0.3 is 18.9 Å². The van der Waals surface area contributed by atoms with E-state index in [4.69, 9.17) is 18.9 Å². The molecule has 0 amide bonds. The van der Waals surface area contributed by atoms with Gasteiger partial charge in [-0.25, -0.2) is 4.79 Å². The molecular formula is C15H20O6. The van der Waals surface area contributed by atoms with Gasteiger partial charge in [0.25, 0.3) is 0 Å². The molecule has 116 valence electrons. The first kappa shape index (κ1) is 14.5. The van der Waals surface area contributed by atoms with Gasteiger partial charge in [0.1, 0.15) is 25.4 Å². The van der Waals surface area contributed by atoms with Crippen LogP contribution >= 0.6 is 0 Å². The predicted molar refractivity (Wildman–Crippen MR) is 71.4 cm³/mol. The van der Waals surface area contributed by atoms with Gasteiger partial charge in [0.2, 0.25) is 0 Å². The van der Waals surface area contributed by atoms with E-state index < -0.39 is 11.9 Å². The Morgan fingerprint density at radius 2 is 1.81 bits per heavy atom. The topological polar surface area (TPSA) is 77.7 Å². The van der Waals surface area contributed by atoms with Crippen LogP contribution < -0.4 is 0 Å². The van der Waals surface area contributed by atoms with Crippen LogP contribution in [0.25, 0.3) is 0 Å². The number of carbonyl (C=O) groups excluding carboxylic acids is 2. The Morgan fingerprint density at radius 1 is 1.19 bits per heavy atom. The minimum absolute atomic E-state index is 0.0227. The van der Waals surface area contributed by atoms with Crippen molar-refractivity contribution in [3.63, 3.8) is 0 Å². The lowest BCUT2D eigenvalue weighted by molar-refractivity contribution is -0.152. The van der Waals surface area contributed by atoms with Crippen LogP contribution in [0.4, 0.5) is 0 Å². The third-order valence-electron chi connectivity index (χ3n) is 3.89. The lowest BCUT2D eigenvalue weighted by atomic mass is 9.82. The summed E-state index contributed by atoms with van der Waals surface area (Å²) in [7, 11) is 0. The summed E-state index contributed by atoms with van der Waals surface area (Å²) in [5, 5.41) is 0. The number of hydrogen-bond donors (Lipinski definition) is 0. The minimum atomic E-state index is -0.528. The third kappa shape index (κ3) is 4.04. The zero-order chi connectivity index (χ0) is 14.8. The van der Waals surface area contributed by atoms with Gasteiger partial charge in [-0.2, -0.15) is 0 Å². The van der Waals surface area contributed by atoms with Crippen LogP contribution in [0.3, 0.4) is 0 Å². The predicted octanol–water partition coefficient (Wildman–Crippen LogP) is 0.843. The van der Waals surface area contributed by atoms with Crippen molar-refractivity contribution in [3.8, 4) is 0 Å². The van der Waals surface area contributed by atoms with Crippen molar-refractivity contribution >= 4 is 11.9 Å². The molecule has 0 aromatic heterocycles. The van der Waals surface area contributed by atoms with Crippen molar-refractivity contribution in [2.24, 2.45) is 11.8 Å². The highest BCUT2D eigenvalue weighted by Crippen LogP contribution is 2.31. The maximum absolute atomic E-state index is 12.2. The molecule has 3 rings (SSSR count). The molecule has 1 aliphatic carbocycles. The number of esters is 2. The van der Waals surface area contributed by atoms with Crippen molar-refractivity contribution < 1.29 is 28.5 Å². The van der Waals surface area contributed by atoms with Crippen molar-refractivity contribution in [1.29, 1.82) is 0 Å². The van der Waals surface area contributed by atoms with Crippen LogP contribution in [0.1, 0.15) is 19.8 Å². The molecule has 0 spiro atoms. The summed E-state index contributed by atoms with van der Waals surface area (Å²) in [4.78, 5) is 24.3. The van der Waals surface area contributed by atoms with E-state index in [1.54, 1.807) is 0 Å². The van der Waals surface area contributed by atoms with E-state index in [1.807, 2.05) is 6.08 Å². The second-order valence-electron chi connectivity index (χ2n) is 5.93. The van der Waals surface area contributed by atoms with Crippen LogP contribution in [0.5, 0.6) is 0 Å². The van der Waals surface area contributed by atoms with Gasteiger partial charge in [-0.3, -0.25) is 4.79 Å². The van der Waals surface area contributed by atoms with E-state index in [0.29, 0.717) is 31.1 Å². The lowest BCUT2D eigenvalue weighted by Gasteiger charge is -2.25. The Morgan fingerprint density at radius 3 is 2.43 bits per heavy atom. The van der Waals surface area contributed by atoms with E-state index in [2.05, 4.69) is 6.92 Å². The van der Waals surface area contributed by atoms with Crippen molar-refractivity contribution in [2.45, 2.75) is 32.0 Å². The summed E-state index contributed by atoms with van der Waals surface area (Å²) in [6.45, 7) is 3.85. The monoisotopic (exact) mass is 296 g/mol. The summed E-state index contributed by atoms with van der Waals surface area (Å²) in [6, 6.07) is 0. The van der Waals surface area contributed by atoms with Crippen LogP contribution in [0, 0.1) is 11.8 Å². The first-order valence-corrected chi connectivity index (χ1v) is 7.40. The number of allylic oxidation sites excluding steroid dienone is 1. The highest BCUT2D eigenvalue weighted by molar-refractivity contribution is 5.95. The van der Waals surface area contributed by atoms with Crippen LogP contribution in [-0.2, 0) is 28.5 Å². The molecule has 0 aromatic carbocycles. The van der Waals surface area contributed by atoms with E-state index in [-0.39, 0.29) is 31.4 Å². The van der Waals surface area contributed by atoms with Crippen LogP contribution in [-0.4, -0.2) is 50.6 Å². The molecule has 2 heterocycles. The molecule has 0 radical (unpaired) electrons. The van der Waals surface area contributed by atoms with E-state index in [1.165, 1.54) is 0 Å². The summed E-state index contributed by atoms with van der Waals surface area (Å²) in [5.41, 5.74) is 0.426. The lowest BCUT2D eigenvalue weighted by Crippen LogP contribution is -2.30. The standard InChI is InChI=1S/C15H20O6/c1-9-2-3-12(14(16)20-7-10-5-18-10)13(4-9)15(17)21-8-11-6-19-11/h3,9-11,13H,2,4-8H2,1H3. The minimum Gasteiger partial charge on any atom is -0.462 e. The maximum Gasteiger partial charge on any atom is 0.334 e. The third-order valence-corrected chi connectivity index (χ3v) is 3.89. The molecule has 3 aliphatic rings. The van der Waals surface area contributed by atoms with Gasteiger partial charge >= 0.3 is 11.9 Å². The normalized spacial score (nSPS) is 33.9. The second kappa shape index (κ2) is 6.15. The number of hydrogen-bond acceptors (Lipinski definition) is 6. The Bertz CT molecular complexity index is 449. The van der Waals surface area contributed by atoms with Gasteiger partial charge in [0, 0.05) is 5.57 Å². The van der Waals surface area contributed by atoms with Crippen molar-refractivity contribution in [1.82, 2.24) is 0 Å². The Balaban J connectivity index is 1.59. The molecule has 2 saturated heterocycles. The summed E-state index contributed by atoms with van der Waals surface area (Å²) >= 11 is 0. The summed E-state index contributed by atoms with van der Waals surface area (Å²) in [6.07, 6.45) is 3.25. The average Bonchev–Trinajstić information content (AvgIpc) is 3.36. The van der Waals surface area contributed by atoms with Crippen LogP contribution in [0.2, 0.25) is 0 Å². The number of ether oxygens (including phenoxy) is 4. The largest absolute Gasteiger partial charge is 0.462 e. The molecule has 2 aliphatic heterocycles. The molecule has 0 aromatic rings. The Hall–Kier alpha value is -1.40. The molecule has 6 nitrogen and oxygen atoms in total. The quantitative estimate of drug-likeness (QED) is 0.534. The number of epoxide rings is 2. The Kier molecular flexibility index (Phi) is 4.26. The first-order chi connectivity index (χ1) is 10.1. The van der Waals surface area contributed by atoms with E-state index >= 15 is 0 Å². The fraction of sp³-hybridized carbons (Fsp3) is 0.733. The molecule has 2 fully saturated rings. The van der Waals surface area contributed by atoms with Gasteiger partial charge in [-0.05, 0) is 18.8 Å². The van der Waals surface area contributed by atoms with Gasteiger partial charge in [0.15, 0.2) is 0 Å². The maximum atomic E-state index is 12.2. The molecule has 0 saturated carbocycles. The van der Waals surface area contributed by atoms with E-state index in [9.17, 15) is 9.59 Å². The highest BCUT2D eigenvalue weighted by Gasteiger charge is 2.36. The van der Waals surface area contributed by atoms with Crippen molar-refractivity contribution in [3.05, 3.63) is 11.6 Å². The molecule has 21 heavy (non-hydrogen) atoms. The molecule has 4 atom stereocenters. The fourth-order valence-electron chi connectivity index (χ4n) is 2.40. The van der Waals surface area contributed by atoms with Crippen LogP contribution in [0.15, 0.2) is 11.6 Å². The number of carbonyl (C=O) groups is 2. The first-order valence-electron chi connectivity index (χ1n) is 7.40. The summed E-state index contributed by atoms with van der Waals surface area (Å²) < 4.78 is 20.5. The fourth-order valence-corrected chi connectivity index (χ4v) is 2.40. The average molecular weight is 296 g/mol. The highest BCUT2D eigenvalue weighted by atomic mass is 16.6. The Labute approximate surface area is 123 Å². The molecule has 0 N–H and O–H groups in total. The van der Waals surface area contributed by atoms with Gasteiger partial charge in [-0.1, -0.05) is 13.0 Å². The summed E-state index contributed by atoms with van der Waals surface area (Å²) in [5.74, 6) is -0.965. The second-order valence-corrected chi connectivity index (χ2v) is 5.93. The van der Waals surface area contributed by atoms with E-state index in [0.717, 1.165) is 6.42 Å². The molecule has 4 unspecified atom stereocenters. The molecular weight excluding hydrogens is 276 g/mol. The smallest absolute Gasteiger partial charge is 0.334 e. The van der Waals surface area contributed by atoms with Crippen molar-refractivity contribution in [2.75, 3.05) is 26.4 Å². The zero-order valence-corrected chi connectivity index (χ0v) is 12.1. The van der Waals surface area contributed by atoms with Gasteiger partial charge in [-0.15, -0.1) is 0 Å². The SMILES string of the molecule is CC1CC=C(C(=O)OCC2CO2)C(C(=O)OCC2CO2)C1. The van der Waals surface area contributed by atoms with Gasteiger partial charge in [0.05, 0.1) is 19.1 Å². The number of rotatable bonds is 6.